The second kappa shape index (κ2) is 11.0. The fraction of sp³-hybridized carbons (Fsp3) is 0.364. The van der Waals surface area contributed by atoms with Crippen LogP contribution in [0.25, 0.3) is 0 Å². The van der Waals surface area contributed by atoms with Crippen LogP contribution < -0.4 is 14.8 Å². The Morgan fingerprint density at radius 2 is 1.64 bits per heavy atom. The van der Waals surface area contributed by atoms with Gasteiger partial charge in [0.1, 0.15) is 0 Å². The minimum absolute atomic E-state index is 0.00470. The van der Waals surface area contributed by atoms with E-state index in [-0.39, 0.29) is 18.2 Å². The Hall–Kier alpha value is -3.02. The maximum Gasteiger partial charge on any atom is 0.224 e. The van der Waals surface area contributed by atoms with Crippen molar-refractivity contribution in [2.24, 2.45) is 0 Å². The summed E-state index contributed by atoms with van der Waals surface area (Å²) < 4.78 is 10.5. The maximum absolute atomic E-state index is 12.2. The topological polar surface area (TPSA) is 67.9 Å². The normalized spacial score (nSPS) is 10.2. The van der Waals surface area contributed by atoms with E-state index in [4.69, 9.17) is 9.47 Å². The van der Waals surface area contributed by atoms with Gasteiger partial charge in [-0.05, 0) is 29.7 Å². The van der Waals surface area contributed by atoms with Crippen molar-refractivity contribution in [1.29, 1.82) is 0 Å². The van der Waals surface area contributed by atoms with Crippen LogP contribution in [0.5, 0.6) is 11.5 Å². The molecule has 0 aliphatic heterocycles. The molecule has 2 rings (SSSR count). The summed E-state index contributed by atoms with van der Waals surface area (Å²) in [6, 6.07) is 15.4. The van der Waals surface area contributed by atoms with Gasteiger partial charge in [0.15, 0.2) is 11.5 Å². The number of carbonyl (C=O) groups is 2. The Kier molecular flexibility index (Phi) is 8.34. The van der Waals surface area contributed by atoms with Crippen molar-refractivity contribution in [2.45, 2.75) is 19.8 Å². The molecule has 0 atom stereocenters. The fourth-order valence-corrected chi connectivity index (χ4v) is 2.90. The number of ether oxygens (including phenoxy) is 2. The molecule has 0 saturated carbocycles. The predicted octanol–water partition coefficient (Wildman–Crippen LogP) is 2.45. The smallest absolute Gasteiger partial charge is 0.224 e. The molecule has 150 valence electrons. The van der Waals surface area contributed by atoms with Crippen LogP contribution in [0.1, 0.15) is 18.1 Å². The molecule has 0 bridgehead atoms. The van der Waals surface area contributed by atoms with E-state index in [0.717, 1.165) is 12.0 Å². The summed E-state index contributed by atoms with van der Waals surface area (Å²) in [6.45, 7) is 3.08. The fourth-order valence-electron chi connectivity index (χ4n) is 2.90. The quantitative estimate of drug-likeness (QED) is 0.683. The number of nitrogens with zero attached hydrogens (tertiary/aromatic N) is 1. The van der Waals surface area contributed by atoms with Gasteiger partial charge in [-0.3, -0.25) is 9.59 Å². The Bertz CT molecular complexity index is 777. The summed E-state index contributed by atoms with van der Waals surface area (Å²) in [6.07, 6.45) is 1.03. The molecule has 0 radical (unpaired) electrons. The Morgan fingerprint density at radius 1 is 0.929 bits per heavy atom. The zero-order valence-electron chi connectivity index (χ0n) is 16.7. The van der Waals surface area contributed by atoms with Crippen LogP contribution in [0.3, 0.4) is 0 Å². The highest BCUT2D eigenvalue weighted by atomic mass is 16.5. The van der Waals surface area contributed by atoms with Crippen molar-refractivity contribution in [2.75, 3.05) is 33.9 Å². The van der Waals surface area contributed by atoms with Crippen LogP contribution in [0.4, 0.5) is 0 Å². The van der Waals surface area contributed by atoms with Crippen LogP contribution >= 0.6 is 0 Å². The standard InChI is InChI=1S/C22H28N2O4/c1-17(25)24(13-11-18-7-5-4-6-8-18)14-12-23-22(26)16-19-9-10-20(27-2)21(15-19)28-3/h4-10,15H,11-14,16H2,1-3H3,(H,23,26). The van der Waals surface area contributed by atoms with E-state index in [2.05, 4.69) is 5.32 Å². The average Bonchev–Trinajstić information content (AvgIpc) is 2.70. The molecule has 2 aromatic rings. The molecule has 6 nitrogen and oxygen atoms in total. The molecule has 2 amide bonds. The molecule has 6 heteroatoms. The molecular formula is C22H28N2O4. The first-order valence-corrected chi connectivity index (χ1v) is 9.30. The molecule has 0 heterocycles. The van der Waals surface area contributed by atoms with Gasteiger partial charge in [0.2, 0.25) is 11.8 Å². The summed E-state index contributed by atoms with van der Waals surface area (Å²) in [4.78, 5) is 25.8. The Labute approximate surface area is 166 Å². The monoisotopic (exact) mass is 384 g/mol. The minimum Gasteiger partial charge on any atom is -0.493 e. The van der Waals surface area contributed by atoms with Crippen molar-refractivity contribution < 1.29 is 19.1 Å². The number of benzene rings is 2. The number of nitrogens with one attached hydrogen (secondary N) is 1. The van der Waals surface area contributed by atoms with Crippen molar-refractivity contribution in [3.8, 4) is 11.5 Å². The van der Waals surface area contributed by atoms with E-state index in [1.165, 1.54) is 5.56 Å². The lowest BCUT2D eigenvalue weighted by atomic mass is 10.1. The van der Waals surface area contributed by atoms with Crippen molar-refractivity contribution >= 4 is 11.8 Å². The number of methoxy groups -OCH3 is 2. The number of carbonyl (C=O) groups excluding carboxylic acids is 2. The van der Waals surface area contributed by atoms with E-state index in [0.29, 0.717) is 31.1 Å². The highest BCUT2D eigenvalue weighted by molar-refractivity contribution is 5.79. The third-order valence-electron chi connectivity index (χ3n) is 4.48. The summed E-state index contributed by atoms with van der Waals surface area (Å²) in [7, 11) is 3.14. The summed E-state index contributed by atoms with van der Waals surface area (Å²) >= 11 is 0. The van der Waals surface area contributed by atoms with E-state index in [1.807, 2.05) is 36.4 Å². The third kappa shape index (κ3) is 6.61. The van der Waals surface area contributed by atoms with Gasteiger partial charge in [-0.25, -0.2) is 0 Å². The lowest BCUT2D eigenvalue weighted by Gasteiger charge is -2.21. The first-order chi connectivity index (χ1) is 13.5. The molecule has 0 spiro atoms. The van der Waals surface area contributed by atoms with Gasteiger partial charge < -0.3 is 19.7 Å². The van der Waals surface area contributed by atoms with E-state index < -0.39 is 0 Å². The van der Waals surface area contributed by atoms with Crippen molar-refractivity contribution in [3.05, 3.63) is 59.7 Å². The van der Waals surface area contributed by atoms with Crippen molar-refractivity contribution in [3.63, 3.8) is 0 Å². The molecule has 2 aromatic carbocycles. The van der Waals surface area contributed by atoms with Crippen LogP contribution in [-0.4, -0.2) is 50.6 Å². The van der Waals surface area contributed by atoms with Crippen LogP contribution in [-0.2, 0) is 22.4 Å². The molecule has 0 fully saturated rings. The second-order valence-corrected chi connectivity index (χ2v) is 6.46. The molecule has 0 unspecified atom stereocenters. The lowest BCUT2D eigenvalue weighted by Crippen LogP contribution is -2.39. The number of hydrogen-bond acceptors (Lipinski definition) is 4. The number of rotatable bonds is 10. The second-order valence-electron chi connectivity index (χ2n) is 6.46. The van der Waals surface area contributed by atoms with Gasteiger partial charge in [0, 0.05) is 26.6 Å². The van der Waals surface area contributed by atoms with E-state index >= 15 is 0 Å². The summed E-state index contributed by atoms with van der Waals surface area (Å²) in [5.74, 6) is 1.13. The summed E-state index contributed by atoms with van der Waals surface area (Å²) in [5, 5.41) is 2.88. The zero-order chi connectivity index (χ0) is 20.4. The predicted molar refractivity (Wildman–Crippen MR) is 109 cm³/mol. The molecule has 1 N–H and O–H groups in total. The number of amides is 2. The molecule has 0 aliphatic carbocycles. The lowest BCUT2D eigenvalue weighted by molar-refractivity contribution is -0.129. The Morgan fingerprint density at radius 3 is 2.29 bits per heavy atom. The molecule has 0 aromatic heterocycles. The third-order valence-corrected chi connectivity index (χ3v) is 4.48. The van der Waals surface area contributed by atoms with Crippen LogP contribution in [0.2, 0.25) is 0 Å². The van der Waals surface area contributed by atoms with Crippen LogP contribution in [0, 0.1) is 0 Å². The van der Waals surface area contributed by atoms with Gasteiger partial charge in [0.25, 0.3) is 0 Å². The first kappa shape index (κ1) is 21.3. The molecule has 0 aliphatic rings. The summed E-state index contributed by atoms with van der Waals surface area (Å²) in [5.41, 5.74) is 2.02. The molecular weight excluding hydrogens is 356 g/mol. The first-order valence-electron chi connectivity index (χ1n) is 9.30. The van der Waals surface area contributed by atoms with Gasteiger partial charge in [-0.1, -0.05) is 36.4 Å². The van der Waals surface area contributed by atoms with E-state index in [1.54, 1.807) is 38.2 Å². The highest BCUT2D eigenvalue weighted by Gasteiger charge is 2.11. The van der Waals surface area contributed by atoms with Gasteiger partial charge in [0.05, 0.1) is 20.6 Å². The van der Waals surface area contributed by atoms with Crippen LogP contribution in [0.15, 0.2) is 48.5 Å². The van der Waals surface area contributed by atoms with Gasteiger partial charge in [-0.2, -0.15) is 0 Å². The van der Waals surface area contributed by atoms with Gasteiger partial charge in [-0.15, -0.1) is 0 Å². The largest absolute Gasteiger partial charge is 0.493 e. The SMILES string of the molecule is COc1ccc(CC(=O)NCCN(CCc2ccccc2)C(C)=O)cc1OC. The minimum atomic E-state index is -0.0984. The maximum atomic E-state index is 12.2. The zero-order valence-corrected chi connectivity index (χ0v) is 16.7. The average molecular weight is 384 g/mol. The number of hydrogen-bond donors (Lipinski definition) is 1. The van der Waals surface area contributed by atoms with Crippen molar-refractivity contribution in [1.82, 2.24) is 10.2 Å². The highest BCUT2D eigenvalue weighted by Crippen LogP contribution is 2.27. The van der Waals surface area contributed by atoms with Gasteiger partial charge >= 0.3 is 0 Å². The van der Waals surface area contributed by atoms with E-state index in [9.17, 15) is 9.59 Å². The Balaban J connectivity index is 1.80. The molecule has 28 heavy (non-hydrogen) atoms. The molecule has 0 saturated heterocycles.